The van der Waals surface area contributed by atoms with Gasteiger partial charge in [-0.2, -0.15) is 0 Å². The van der Waals surface area contributed by atoms with Crippen molar-refractivity contribution in [3.63, 3.8) is 0 Å². The predicted molar refractivity (Wildman–Crippen MR) is 115 cm³/mol. The van der Waals surface area contributed by atoms with Crippen LogP contribution in [0, 0.1) is 12.3 Å². The molecule has 2 aliphatic rings. The van der Waals surface area contributed by atoms with Gasteiger partial charge in [0.15, 0.2) is 5.82 Å². The Labute approximate surface area is 181 Å². The Morgan fingerprint density at radius 2 is 2.00 bits per heavy atom. The summed E-state index contributed by atoms with van der Waals surface area (Å²) in [5, 5.41) is 10.9. The van der Waals surface area contributed by atoms with Gasteiger partial charge in [-0.3, -0.25) is 0 Å². The van der Waals surface area contributed by atoms with Gasteiger partial charge >= 0.3 is 0 Å². The first kappa shape index (κ1) is 20.8. The third kappa shape index (κ3) is 3.62. The van der Waals surface area contributed by atoms with Gasteiger partial charge in [0.25, 0.3) is 0 Å². The lowest BCUT2D eigenvalue weighted by atomic mass is 9.73. The molecule has 2 saturated heterocycles. The highest BCUT2D eigenvalue weighted by Crippen LogP contribution is 2.42. The van der Waals surface area contributed by atoms with Crippen LogP contribution in [0.25, 0.3) is 11.3 Å². The van der Waals surface area contributed by atoms with Crippen LogP contribution in [0.1, 0.15) is 31.2 Å². The van der Waals surface area contributed by atoms with Crippen LogP contribution in [0.3, 0.4) is 0 Å². The second-order valence-electron chi connectivity index (χ2n) is 8.08. The highest BCUT2D eigenvalue weighted by Gasteiger charge is 2.47. The number of ether oxygens (including phenoxy) is 1. The van der Waals surface area contributed by atoms with E-state index in [4.69, 9.17) is 43.6 Å². The van der Waals surface area contributed by atoms with Crippen molar-refractivity contribution in [2.75, 3.05) is 24.6 Å². The number of nitrogens with two attached hydrogens (primary N) is 1. The Hall–Kier alpha value is -1.44. The van der Waals surface area contributed by atoms with Crippen molar-refractivity contribution in [2.24, 2.45) is 11.1 Å². The van der Waals surface area contributed by atoms with E-state index in [1.165, 1.54) is 0 Å². The Bertz CT molecular complexity index is 916. The van der Waals surface area contributed by atoms with Gasteiger partial charge in [-0.25, -0.2) is 9.97 Å². The Balaban J connectivity index is 1.63. The molecule has 2 atom stereocenters. The molecular formula is C21H26Cl2N4O2. The molecule has 8 heteroatoms. The second kappa shape index (κ2) is 8.00. The maximum Gasteiger partial charge on any atom is 0.153 e. The zero-order valence-corrected chi connectivity index (χ0v) is 18.2. The Morgan fingerprint density at radius 3 is 2.62 bits per heavy atom. The minimum atomic E-state index is -0.199. The maximum absolute atomic E-state index is 9.99. The third-order valence-corrected chi connectivity index (χ3v) is 7.20. The summed E-state index contributed by atoms with van der Waals surface area (Å²) in [6.45, 7) is 6.08. The molecule has 4 rings (SSSR count). The number of aromatic nitrogens is 2. The average Bonchev–Trinajstić information content (AvgIpc) is 2.99. The summed E-state index contributed by atoms with van der Waals surface area (Å²) >= 11 is 12.5. The molecule has 1 aromatic carbocycles. The number of aliphatic hydroxyl groups excluding tert-OH is 1. The van der Waals surface area contributed by atoms with E-state index in [0.29, 0.717) is 33.6 Å². The SMILES string of the molecule is Cc1nc(N2CCC3(CC2)CO[C@@H](C)[C@@H]3N)c(CO)nc1-c1cccc(Cl)c1Cl. The molecular weight excluding hydrogens is 411 g/mol. The minimum absolute atomic E-state index is 0.0338. The first-order chi connectivity index (χ1) is 13.9. The largest absolute Gasteiger partial charge is 0.390 e. The third-order valence-electron chi connectivity index (χ3n) is 6.38. The number of halogens is 2. The molecule has 0 bridgehead atoms. The molecule has 156 valence electrons. The summed E-state index contributed by atoms with van der Waals surface area (Å²) in [6, 6.07) is 5.48. The fourth-order valence-electron chi connectivity index (χ4n) is 4.48. The summed E-state index contributed by atoms with van der Waals surface area (Å²) in [6.07, 6.45) is 1.97. The first-order valence-corrected chi connectivity index (χ1v) is 10.7. The van der Waals surface area contributed by atoms with Gasteiger partial charge in [0, 0.05) is 30.1 Å². The number of aryl methyl sites for hydroxylation is 1. The fraction of sp³-hybridized carbons (Fsp3) is 0.524. The van der Waals surface area contributed by atoms with Crippen LogP contribution in [0.2, 0.25) is 10.0 Å². The van der Waals surface area contributed by atoms with Crippen LogP contribution in [0.4, 0.5) is 5.82 Å². The molecule has 1 aromatic heterocycles. The molecule has 0 aliphatic carbocycles. The Morgan fingerprint density at radius 1 is 1.28 bits per heavy atom. The maximum atomic E-state index is 9.99. The minimum Gasteiger partial charge on any atom is -0.390 e. The first-order valence-electron chi connectivity index (χ1n) is 9.91. The zero-order valence-electron chi connectivity index (χ0n) is 16.7. The molecule has 0 amide bonds. The van der Waals surface area contributed by atoms with Gasteiger partial charge < -0.3 is 20.5 Å². The zero-order chi connectivity index (χ0) is 20.8. The van der Waals surface area contributed by atoms with Gasteiger partial charge in [-0.15, -0.1) is 0 Å². The summed E-state index contributed by atoms with van der Waals surface area (Å²) in [4.78, 5) is 11.7. The topological polar surface area (TPSA) is 84.5 Å². The summed E-state index contributed by atoms with van der Waals surface area (Å²) in [5.41, 5.74) is 9.10. The molecule has 1 spiro atoms. The molecule has 0 radical (unpaired) electrons. The van der Waals surface area contributed by atoms with Gasteiger partial charge in [0.1, 0.15) is 5.69 Å². The number of benzene rings is 1. The van der Waals surface area contributed by atoms with Gasteiger partial charge in [-0.1, -0.05) is 35.3 Å². The van der Waals surface area contributed by atoms with Crippen LogP contribution in [0.15, 0.2) is 18.2 Å². The van der Waals surface area contributed by atoms with Crippen molar-refractivity contribution < 1.29 is 9.84 Å². The molecule has 3 heterocycles. The van der Waals surface area contributed by atoms with Crippen molar-refractivity contribution in [1.29, 1.82) is 0 Å². The number of hydrogen-bond donors (Lipinski definition) is 2. The number of aliphatic hydroxyl groups is 1. The standard InChI is InChI=1S/C21H26Cl2N4O2/c1-12-18(14-4-3-5-15(22)17(14)23)26-16(10-28)20(25-12)27-8-6-21(7-9-27)11-29-13(2)19(21)24/h3-5,13,19,28H,6-11,24H2,1-2H3/t13-,19-/m0/s1. The lowest BCUT2D eigenvalue weighted by Gasteiger charge is -2.42. The van der Waals surface area contributed by atoms with Crippen LogP contribution < -0.4 is 10.6 Å². The van der Waals surface area contributed by atoms with Gasteiger partial charge in [-0.05, 0) is 32.8 Å². The van der Waals surface area contributed by atoms with E-state index in [0.717, 1.165) is 37.4 Å². The molecule has 3 N–H and O–H groups in total. The second-order valence-corrected chi connectivity index (χ2v) is 8.86. The highest BCUT2D eigenvalue weighted by molar-refractivity contribution is 6.43. The number of piperidine rings is 1. The Kier molecular flexibility index (Phi) is 5.75. The summed E-state index contributed by atoms with van der Waals surface area (Å²) in [7, 11) is 0. The molecule has 2 fully saturated rings. The highest BCUT2D eigenvalue weighted by atomic mass is 35.5. The van der Waals surface area contributed by atoms with Crippen LogP contribution in [-0.2, 0) is 11.3 Å². The summed E-state index contributed by atoms with van der Waals surface area (Å²) < 4.78 is 5.81. The van der Waals surface area contributed by atoms with Crippen molar-refractivity contribution >= 4 is 29.0 Å². The van der Waals surface area contributed by atoms with Crippen molar-refractivity contribution in [2.45, 2.75) is 45.4 Å². The van der Waals surface area contributed by atoms with E-state index in [2.05, 4.69) is 4.90 Å². The van der Waals surface area contributed by atoms with Crippen molar-refractivity contribution in [3.05, 3.63) is 39.6 Å². The lowest BCUT2D eigenvalue weighted by Crippen LogP contribution is -2.51. The molecule has 2 aliphatic heterocycles. The molecule has 0 saturated carbocycles. The van der Waals surface area contributed by atoms with Crippen LogP contribution in [0.5, 0.6) is 0 Å². The smallest absolute Gasteiger partial charge is 0.153 e. The van der Waals surface area contributed by atoms with E-state index < -0.39 is 0 Å². The normalized spacial score (nSPS) is 23.7. The van der Waals surface area contributed by atoms with E-state index in [1.54, 1.807) is 6.07 Å². The average molecular weight is 437 g/mol. The van der Waals surface area contributed by atoms with Crippen molar-refractivity contribution in [3.8, 4) is 11.3 Å². The summed E-state index contributed by atoms with van der Waals surface area (Å²) in [5.74, 6) is 0.724. The lowest BCUT2D eigenvalue weighted by molar-refractivity contribution is 0.0973. The van der Waals surface area contributed by atoms with E-state index in [9.17, 15) is 5.11 Å². The monoisotopic (exact) mass is 436 g/mol. The van der Waals surface area contributed by atoms with E-state index in [-0.39, 0.29) is 24.2 Å². The van der Waals surface area contributed by atoms with Gasteiger partial charge in [0.2, 0.25) is 0 Å². The van der Waals surface area contributed by atoms with Crippen LogP contribution >= 0.6 is 23.2 Å². The predicted octanol–water partition coefficient (Wildman–Crippen LogP) is 3.58. The number of rotatable bonds is 3. The molecule has 0 unspecified atom stereocenters. The molecule has 2 aromatic rings. The number of nitrogens with zero attached hydrogens (tertiary/aromatic N) is 3. The van der Waals surface area contributed by atoms with E-state index >= 15 is 0 Å². The van der Waals surface area contributed by atoms with Crippen molar-refractivity contribution in [1.82, 2.24) is 9.97 Å². The quantitative estimate of drug-likeness (QED) is 0.764. The number of hydrogen-bond acceptors (Lipinski definition) is 6. The van der Waals surface area contributed by atoms with Gasteiger partial charge in [0.05, 0.1) is 40.8 Å². The number of anilines is 1. The molecule has 6 nitrogen and oxygen atoms in total. The molecule has 29 heavy (non-hydrogen) atoms. The fourth-order valence-corrected chi connectivity index (χ4v) is 4.87. The van der Waals surface area contributed by atoms with E-state index in [1.807, 2.05) is 26.0 Å². The van der Waals surface area contributed by atoms with Crippen LogP contribution in [-0.4, -0.2) is 46.9 Å².